The molecule has 1 aliphatic heterocycles. The maximum atomic E-state index is 14.4. The van der Waals surface area contributed by atoms with E-state index in [2.05, 4.69) is 55.3 Å². The molecule has 0 spiro atoms. The zero-order chi connectivity index (χ0) is 46.9. The fraction of sp³-hybridized carbons (Fsp3) is 0.314. The number of aromatic amines is 1. The van der Waals surface area contributed by atoms with Crippen LogP contribution in [-0.4, -0.2) is 62.9 Å². The molecule has 66 heavy (non-hydrogen) atoms. The first kappa shape index (κ1) is 46.8. The highest BCUT2D eigenvalue weighted by molar-refractivity contribution is 7.86. The summed E-state index contributed by atoms with van der Waals surface area (Å²) in [6.45, 7) is 10.3. The number of anilines is 1. The quantitative estimate of drug-likeness (QED) is 0.0552. The van der Waals surface area contributed by atoms with Crippen LogP contribution in [0.3, 0.4) is 0 Å². The highest BCUT2D eigenvalue weighted by atomic mass is 32.2. The summed E-state index contributed by atoms with van der Waals surface area (Å²) in [6.07, 6.45) is -1.27. The Hall–Kier alpha value is -5.68. The molecule has 0 aliphatic carbocycles. The van der Waals surface area contributed by atoms with Gasteiger partial charge in [0.1, 0.15) is 22.2 Å². The van der Waals surface area contributed by atoms with Crippen LogP contribution in [0.2, 0.25) is 5.04 Å². The number of thiazole rings is 1. The average molecular weight is 945 g/mol. The van der Waals surface area contributed by atoms with Gasteiger partial charge in [-0.25, -0.2) is 0 Å². The lowest BCUT2D eigenvalue weighted by Crippen LogP contribution is -2.68. The van der Waals surface area contributed by atoms with E-state index < -0.39 is 64.9 Å². The Kier molecular flexibility index (Phi) is 13.4. The molecular formula is C51H56N4O8S2Si. The van der Waals surface area contributed by atoms with E-state index in [0.29, 0.717) is 18.6 Å². The van der Waals surface area contributed by atoms with Gasteiger partial charge in [0, 0.05) is 5.92 Å². The molecule has 1 saturated heterocycles. The Morgan fingerprint density at radius 3 is 1.83 bits per heavy atom. The molecule has 1 aliphatic rings. The number of benzene rings is 5. The van der Waals surface area contributed by atoms with E-state index >= 15 is 0 Å². The zero-order valence-corrected chi connectivity index (χ0v) is 40.8. The van der Waals surface area contributed by atoms with E-state index in [4.69, 9.17) is 23.1 Å². The van der Waals surface area contributed by atoms with E-state index in [-0.39, 0.29) is 21.3 Å². The Bertz CT molecular complexity index is 2900. The number of methoxy groups -OCH3 is 1. The normalized spacial score (nSPS) is 18.0. The first-order valence-electron chi connectivity index (χ1n) is 22.1. The monoisotopic (exact) mass is 944 g/mol. The summed E-state index contributed by atoms with van der Waals surface area (Å²) < 4.78 is 52.9. The molecule has 15 heteroatoms. The van der Waals surface area contributed by atoms with Crippen molar-refractivity contribution in [1.82, 2.24) is 14.5 Å². The summed E-state index contributed by atoms with van der Waals surface area (Å²) >= 11 is 0.758. The molecule has 0 radical (unpaired) electrons. The van der Waals surface area contributed by atoms with Crippen molar-refractivity contribution in [3.8, 4) is 5.75 Å². The second-order valence-electron chi connectivity index (χ2n) is 17.8. The standard InChI is InChI=1S/C51H56N4O8S2Si/c1-8-42(63-66(50(3,4)5,39-25-17-11-18-26-39)40-27-19-12-20-28-40)43-33-41(34(2)62-65(7,58)59)47(61-43)55-45-44(64-49(55)57)46(56)53-48(52-45)54-51(35-21-13-9-14-22-35,36-23-15-10-16-24-36)37-29-31-38(60-6)32-30-37/h9-32,34,41-43,47H,8,33H2,1-7H3,(H2,52,53,54,56)/t34-,41-,42-,43-,47+/m0/s1. The summed E-state index contributed by atoms with van der Waals surface area (Å²) in [5.41, 5.74) is 0.984. The van der Waals surface area contributed by atoms with Crippen LogP contribution in [0.5, 0.6) is 5.75 Å². The predicted molar refractivity (Wildman–Crippen MR) is 264 cm³/mol. The highest BCUT2D eigenvalue weighted by Gasteiger charge is 2.54. The van der Waals surface area contributed by atoms with E-state index in [1.54, 1.807) is 14.0 Å². The van der Waals surface area contributed by atoms with Gasteiger partial charge in [0.15, 0.2) is 5.65 Å². The van der Waals surface area contributed by atoms with Crippen molar-refractivity contribution < 1.29 is 26.5 Å². The number of nitrogens with zero attached hydrogens (tertiary/aromatic N) is 2. The molecule has 3 heterocycles. The van der Waals surface area contributed by atoms with Gasteiger partial charge in [0.25, 0.3) is 24.0 Å². The molecule has 7 aromatic rings. The SMILES string of the molecule is CC[C@H](O[Si](c1ccccc1)(c1ccccc1)C(C)(C)C)[C@@H]1C[C@@H]([C@H](C)OS(C)(=O)=O)[C@H](n2c(=O)sc3c(=O)[nH]c(NC(c4ccccc4)(c4ccccc4)c4ccc(OC)cc4)nc32)O1. The van der Waals surface area contributed by atoms with Crippen LogP contribution >= 0.6 is 11.3 Å². The largest absolute Gasteiger partial charge is 0.497 e. The van der Waals surface area contributed by atoms with Crippen LogP contribution in [0.25, 0.3) is 10.3 Å². The van der Waals surface area contributed by atoms with Crippen molar-refractivity contribution in [2.45, 2.75) is 82.6 Å². The van der Waals surface area contributed by atoms with Gasteiger partial charge in [0.2, 0.25) is 5.95 Å². The van der Waals surface area contributed by atoms with Crippen LogP contribution < -0.4 is 30.9 Å². The van der Waals surface area contributed by atoms with Crippen molar-refractivity contribution in [2.24, 2.45) is 5.92 Å². The Balaban J connectivity index is 1.26. The van der Waals surface area contributed by atoms with Gasteiger partial charge in [-0.15, -0.1) is 0 Å². The summed E-state index contributed by atoms with van der Waals surface area (Å²) in [4.78, 5) is 36.2. The molecule has 2 N–H and O–H groups in total. The smallest absolute Gasteiger partial charge is 0.311 e. The van der Waals surface area contributed by atoms with Gasteiger partial charge in [-0.3, -0.25) is 23.3 Å². The van der Waals surface area contributed by atoms with Crippen LogP contribution in [0.15, 0.2) is 155 Å². The topological polar surface area (TPSA) is 151 Å². The molecule has 1 fully saturated rings. The third-order valence-corrected chi connectivity index (χ3v) is 19.3. The molecule has 0 saturated carbocycles. The zero-order valence-electron chi connectivity index (χ0n) is 38.1. The van der Waals surface area contributed by atoms with Gasteiger partial charge < -0.3 is 19.2 Å². The number of ether oxygens (including phenoxy) is 2. The summed E-state index contributed by atoms with van der Waals surface area (Å²) in [5.74, 6) is 0.0851. The molecule has 0 amide bonds. The van der Waals surface area contributed by atoms with Crippen molar-refractivity contribution in [1.29, 1.82) is 0 Å². The van der Waals surface area contributed by atoms with Crippen LogP contribution in [0.1, 0.15) is 70.4 Å². The van der Waals surface area contributed by atoms with Gasteiger partial charge in [-0.2, -0.15) is 13.4 Å². The number of hydrogen-bond acceptors (Lipinski definition) is 11. The van der Waals surface area contributed by atoms with Gasteiger partial charge >= 0.3 is 4.87 Å². The number of nitrogens with one attached hydrogen (secondary N) is 2. The lowest BCUT2D eigenvalue weighted by molar-refractivity contribution is -0.0670. The molecule has 12 nitrogen and oxygen atoms in total. The number of H-pyrrole nitrogens is 1. The van der Waals surface area contributed by atoms with Crippen LogP contribution in [0, 0.1) is 5.92 Å². The van der Waals surface area contributed by atoms with Gasteiger partial charge in [-0.1, -0.05) is 172 Å². The first-order chi connectivity index (χ1) is 31.6. The number of rotatable bonds is 16. The Morgan fingerprint density at radius 1 is 0.833 bits per heavy atom. The van der Waals surface area contributed by atoms with E-state index in [1.807, 2.05) is 128 Å². The maximum Gasteiger partial charge on any atom is 0.311 e. The van der Waals surface area contributed by atoms with E-state index in [9.17, 15) is 18.0 Å². The van der Waals surface area contributed by atoms with Crippen molar-refractivity contribution in [3.63, 3.8) is 0 Å². The predicted octanol–water partition coefficient (Wildman–Crippen LogP) is 8.18. The maximum absolute atomic E-state index is 14.4. The van der Waals surface area contributed by atoms with Crippen molar-refractivity contribution in [3.05, 3.63) is 182 Å². The molecule has 5 atom stereocenters. The van der Waals surface area contributed by atoms with E-state index in [0.717, 1.165) is 44.7 Å². The van der Waals surface area contributed by atoms with Crippen molar-refractivity contribution >= 4 is 56.4 Å². The fourth-order valence-electron chi connectivity index (χ4n) is 9.65. The third kappa shape index (κ3) is 8.95. The van der Waals surface area contributed by atoms with Crippen LogP contribution in [0.4, 0.5) is 5.95 Å². The molecular weight excluding hydrogens is 889 g/mol. The number of hydrogen-bond donors (Lipinski definition) is 2. The van der Waals surface area contributed by atoms with Gasteiger partial charge in [0.05, 0.1) is 31.7 Å². The first-order valence-corrected chi connectivity index (χ1v) is 26.7. The Labute approximate surface area is 390 Å². The lowest BCUT2D eigenvalue weighted by Gasteiger charge is -2.46. The van der Waals surface area contributed by atoms with Crippen molar-refractivity contribution in [2.75, 3.05) is 18.7 Å². The minimum absolute atomic E-state index is 0.0872. The third-order valence-electron chi connectivity index (χ3n) is 12.6. The molecule has 344 valence electrons. The average Bonchev–Trinajstić information content (AvgIpc) is 3.90. The second kappa shape index (κ2) is 18.9. The number of aromatic nitrogens is 3. The Morgan fingerprint density at radius 2 is 1.35 bits per heavy atom. The van der Waals surface area contributed by atoms with Crippen LogP contribution in [-0.2, 0) is 29.0 Å². The minimum Gasteiger partial charge on any atom is -0.497 e. The summed E-state index contributed by atoms with van der Waals surface area (Å²) in [5, 5.41) is 5.49. The lowest BCUT2D eigenvalue weighted by atomic mass is 9.77. The van der Waals surface area contributed by atoms with E-state index in [1.165, 1.54) is 4.57 Å². The molecule has 5 aromatic carbocycles. The highest BCUT2D eigenvalue weighted by Crippen LogP contribution is 2.45. The molecule has 0 bridgehead atoms. The summed E-state index contributed by atoms with van der Waals surface area (Å²) in [7, 11) is -5.43. The second-order valence-corrected chi connectivity index (χ2v) is 24.7. The molecule has 0 unspecified atom stereocenters. The minimum atomic E-state index is -3.94. The number of fused-ring (bicyclic) bond motifs is 1. The fourth-order valence-corrected chi connectivity index (χ4v) is 16.0. The van der Waals surface area contributed by atoms with Gasteiger partial charge in [-0.05, 0) is 64.0 Å². The molecule has 8 rings (SSSR count). The summed E-state index contributed by atoms with van der Waals surface area (Å²) in [6, 6.07) is 48.0. The molecule has 2 aromatic heterocycles.